The summed E-state index contributed by atoms with van der Waals surface area (Å²) < 4.78 is 182. The Labute approximate surface area is 153 Å². The van der Waals surface area contributed by atoms with Gasteiger partial charge in [-0.2, -0.15) is 16.8 Å². The first kappa shape index (κ1) is 22.9. The van der Waals surface area contributed by atoms with Crippen molar-refractivity contribution in [1.29, 1.82) is 0 Å². The molecular weight excluding hydrogens is 478 g/mol. The monoisotopic (exact) mass is 478 g/mol. The molecular formula is C12F10O5S2. The first-order chi connectivity index (χ1) is 13.1. The van der Waals surface area contributed by atoms with Gasteiger partial charge in [0.15, 0.2) is 56.3 Å². The maximum absolute atomic E-state index is 13.5. The number of hydrogen-bond donors (Lipinski definition) is 0. The summed E-state index contributed by atoms with van der Waals surface area (Å²) in [6.45, 7) is 0. The maximum Gasteiger partial charge on any atom is 0.317 e. The summed E-state index contributed by atoms with van der Waals surface area (Å²) in [5.41, 5.74) is 0. The zero-order valence-electron chi connectivity index (χ0n) is 12.6. The van der Waals surface area contributed by atoms with Crippen LogP contribution in [-0.2, 0) is 23.9 Å². The van der Waals surface area contributed by atoms with E-state index in [0.29, 0.717) is 0 Å². The molecule has 0 saturated carbocycles. The second-order valence-corrected chi connectivity index (χ2v) is 7.95. The molecule has 2 rings (SSSR count). The summed E-state index contributed by atoms with van der Waals surface area (Å²) in [4.78, 5) is -5.80. The molecule has 0 aliphatic heterocycles. The van der Waals surface area contributed by atoms with E-state index in [1.54, 1.807) is 0 Å². The summed E-state index contributed by atoms with van der Waals surface area (Å²) >= 11 is 0. The quantitative estimate of drug-likeness (QED) is 0.384. The summed E-state index contributed by atoms with van der Waals surface area (Å²) in [6, 6.07) is 0. The number of hydrogen-bond acceptors (Lipinski definition) is 5. The lowest BCUT2D eigenvalue weighted by Gasteiger charge is -2.11. The van der Waals surface area contributed by atoms with Crippen LogP contribution in [0.1, 0.15) is 0 Å². The van der Waals surface area contributed by atoms with Gasteiger partial charge in [-0.05, 0) is 0 Å². The zero-order valence-corrected chi connectivity index (χ0v) is 14.3. The third-order valence-electron chi connectivity index (χ3n) is 3.02. The largest absolute Gasteiger partial charge is 0.317 e. The Morgan fingerprint density at radius 3 is 0.759 bits per heavy atom. The highest BCUT2D eigenvalue weighted by Gasteiger charge is 2.41. The number of rotatable bonds is 4. The Morgan fingerprint density at radius 1 is 0.379 bits per heavy atom. The van der Waals surface area contributed by atoms with E-state index in [1.807, 2.05) is 0 Å². The van der Waals surface area contributed by atoms with Crippen LogP contribution in [-0.4, -0.2) is 16.8 Å². The van der Waals surface area contributed by atoms with Crippen LogP contribution in [0.15, 0.2) is 9.79 Å². The van der Waals surface area contributed by atoms with Gasteiger partial charge in [0.1, 0.15) is 0 Å². The van der Waals surface area contributed by atoms with E-state index in [1.165, 1.54) is 0 Å². The molecule has 0 aliphatic rings. The lowest BCUT2D eigenvalue weighted by atomic mass is 10.3. The van der Waals surface area contributed by atoms with Crippen molar-refractivity contribution >= 4 is 20.2 Å². The molecule has 160 valence electrons. The fourth-order valence-electron chi connectivity index (χ4n) is 1.79. The fraction of sp³-hybridized carbons (Fsp3) is 0. The molecule has 0 bridgehead atoms. The Morgan fingerprint density at radius 2 is 0.552 bits per heavy atom. The predicted molar refractivity (Wildman–Crippen MR) is 67.9 cm³/mol. The van der Waals surface area contributed by atoms with Gasteiger partial charge in [-0.3, -0.25) is 0 Å². The molecule has 0 saturated heterocycles. The van der Waals surface area contributed by atoms with Gasteiger partial charge in [0.05, 0.1) is 0 Å². The third-order valence-corrected chi connectivity index (χ3v) is 6.17. The smallest absolute Gasteiger partial charge is 0.202 e. The zero-order chi connectivity index (χ0) is 22.6. The van der Waals surface area contributed by atoms with Crippen LogP contribution in [0, 0.1) is 58.2 Å². The molecule has 0 heterocycles. The number of benzene rings is 2. The molecule has 2 aromatic carbocycles. The molecule has 0 spiro atoms. The highest BCUT2D eigenvalue weighted by Crippen LogP contribution is 2.32. The average molecular weight is 478 g/mol. The van der Waals surface area contributed by atoms with Gasteiger partial charge in [0, 0.05) is 0 Å². The molecule has 5 nitrogen and oxygen atoms in total. The first-order valence-corrected chi connectivity index (χ1v) is 9.11. The Kier molecular flexibility index (Phi) is 5.63. The van der Waals surface area contributed by atoms with Gasteiger partial charge >= 0.3 is 20.2 Å². The summed E-state index contributed by atoms with van der Waals surface area (Å²) in [6.07, 6.45) is 0. The van der Waals surface area contributed by atoms with Gasteiger partial charge in [0.2, 0.25) is 11.6 Å². The molecule has 2 aromatic rings. The van der Waals surface area contributed by atoms with Crippen molar-refractivity contribution in [1.82, 2.24) is 0 Å². The van der Waals surface area contributed by atoms with Crippen LogP contribution < -0.4 is 0 Å². The van der Waals surface area contributed by atoms with Gasteiger partial charge in [-0.1, -0.05) is 0 Å². The van der Waals surface area contributed by atoms with Crippen molar-refractivity contribution in [2.24, 2.45) is 0 Å². The van der Waals surface area contributed by atoms with E-state index in [9.17, 15) is 60.7 Å². The Bertz CT molecular complexity index is 1100. The maximum atomic E-state index is 13.5. The SMILES string of the molecule is O=S(=O)(OS(=O)(=O)c1c(F)c(F)c(F)c(F)c1F)c1c(F)c(F)c(F)c(F)c1F. The van der Waals surface area contributed by atoms with Gasteiger partial charge in [-0.15, -0.1) is 3.63 Å². The van der Waals surface area contributed by atoms with Crippen molar-refractivity contribution in [2.45, 2.75) is 9.79 Å². The van der Waals surface area contributed by atoms with E-state index in [4.69, 9.17) is 0 Å². The van der Waals surface area contributed by atoms with E-state index < -0.39 is 88.2 Å². The topological polar surface area (TPSA) is 77.5 Å². The normalized spacial score (nSPS) is 12.5. The molecule has 0 aromatic heterocycles. The van der Waals surface area contributed by atoms with Crippen molar-refractivity contribution in [3.63, 3.8) is 0 Å². The van der Waals surface area contributed by atoms with Crippen LogP contribution in [0.3, 0.4) is 0 Å². The van der Waals surface area contributed by atoms with Crippen LogP contribution in [0.4, 0.5) is 43.9 Å². The van der Waals surface area contributed by atoms with Crippen LogP contribution in [0.2, 0.25) is 0 Å². The fourth-order valence-corrected chi connectivity index (χ4v) is 4.52. The van der Waals surface area contributed by atoms with Gasteiger partial charge in [0.25, 0.3) is 0 Å². The van der Waals surface area contributed by atoms with Crippen LogP contribution >= 0.6 is 0 Å². The highest BCUT2D eigenvalue weighted by molar-refractivity contribution is 8.00. The molecule has 0 aliphatic carbocycles. The van der Waals surface area contributed by atoms with Crippen molar-refractivity contribution in [3.05, 3.63) is 58.2 Å². The van der Waals surface area contributed by atoms with E-state index in [-0.39, 0.29) is 0 Å². The highest BCUT2D eigenvalue weighted by atomic mass is 32.3. The third kappa shape index (κ3) is 3.52. The van der Waals surface area contributed by atoms with E-state index in [2.05, 4.69) is 3.63 Å². The minimum Gasteiger partial charge on any atom is -0.202 e. The lowest BCUT2D eigenvalue weighted by molar-refractivity contribution is 0.347. The van der Waals surface area contributed by atoms with Crippen LogP contribution in [0.25, 0.3) is 0 Å². The molecule has 0 fully saturated rings. The Hall–Kier alpha value is -2.40. The van der Waals surface area contributed by atoms with Crippen LogP contribution in [0.5, 0.6) is 0 Å². The molecule has 17 heteroatoms. The molecule has 0 radical (unpaired) electrons. The van der Waals surface area contributed by atoms with E-state index >= 15 is 0 Å². The first-order valence-electron chi connectivity index (χ1n) is 6.30. The second kappa shape index (κ2) is 7.13. The average Bonchev–Trinajstić information content (AvgIpc) is 2.60. The summed E-state index contributed by atoms with van der Waals surface area (Å²) in [7, 11) is -13.2. The lowest BCUT2D eigenvalue weighted by Crippen LogP contribution is -2.22. The van der Waals surface area contributed by atoms with Crippen molar-refractivity contribution in [2.75, 3.05) is 0 Å². The molecule has 0 atom stereocenters. The molecule has 0 amide bonds. The number of halogens is 10. The predicted octanol–water partition coefficient (Wildman–Crippen LogP) is 3.17. The summed E-state index contributed by atoms with van der Waals surface area (Å²) in [5.74, 6) is -29.7. The standard InChI is InChI=1S/C12F10O5S2/c13-1-3(15)7(19)11(8(20)4(1)16)28(23,24)27-29(25,26)12-9(21)5(17)2(14)6(18)10(12)22. The minimum absolute atomic E-state index is 2.86. The van der Waals surface area contributed by atoms with Crippen molar-refractivity contribution in [3.8, 4) is 0 Å². The molecule has 29 heavy (non-hydrogen) atoms. The Balaban J connectivity index is 2.76. The van der Waals surface area contributed by atoms with Gasteiger partial charge < -0.3 is 0 Å². The molecule has 0 N–H and O–H groups in total. The minimum atomic E-state index is -6.62. The second-order valence-electron chi connectivity index (χ2n) is 4.77. The van der Waals surface area contributed by atoms with Gasteiger partial charge in [-0.25, -0.2) is 43.9 Å². The molecule has 0 unspecified atom stereocenters. The summed E-state index contributed by atoms with van der Waals surface area (Å²) in [5, 5.41) is 0. The van der Waals surface area contributed by atoms with E-state index in [0.717, 1.165) is 0 Å². The van der Waals surface area contributed by atoms with Crippen molar-refractivity contribution < 1.29 is 64.4 Å².